The van der Waals surface area contributed by atoms with E-state index in [4.69, 9.17) is 30.9 Å². The SMILES string of the molecule is O=C(O)CCN(C(=O)/C=C/c1cc(Cl)c2c(c1)OCO2)C1CCOCC1. The molecule has 3 rings (SSSR count). The highest BCUT2D eigenvalue weighted by atomic mass is 35.5. The van der Waals surface area contributed by atoms with Crippen LogP contribution in [0.1, 0.15) is 24.8 Å². The number of benzene rings is 1. The van der Waals surface area contributed by atoms with Gasteiger partial charge in [-0.2, -0.15) is 0 Å². The van der Waals surface area contributed by atoms with Crippen LogP contribution < -0.4 is 9.47 Å². The molecule has 0 bridgehead atoms. The summed E-state index contributed by atoms with van der Waals surface area (Å²) in [6, 6.07) is 3.42. The van der Waals surface area contributed by atoms with E-state index in [0.717, 1.165) is 0 Å². The molecule has 140 valence electrons. The second-order valence-electron chi connectivity index (χ2n) is 6.09. The second kappa shape index (κ2) is 8.42. The molecule has 1 fully saturated rings. The zero-order chi connectivity index (χ0) is 18.5. The van der Waals surface area contributed by atoms with Crippen LogP contribution in [0.2, 0.25) is 5.02 Å². The van der Waals surface area contributed by atoms with Gasteiger partial charge in [0.2, 0.25) is 12.7 Å². The average molecular weight is 382 g/mol. The van der Waals surface area contributed by atoms with Gasteiger partial charge in [-0.15, -0.1) is 0 Å². The van der Waals surface area contributed by atoms with Crippen molar-refractivity contribution in [3.8, 4) is 11.5 Å². The number of rotatable bonds is 6. The maximum atomic E-state index is 12.7. The van der Waals surface area contributed by atoms with Crippen LogP contribution in [0, 0.1) is 0 Å². The summed E-state index contributed by atoms with van der Waals surface area (Å²) < 4.78 is 15.9. The Morgan fingerprint density at radius 3 is 2.77 bits per heavy atom. The van der Waals surface area contributed by atoms with Crippen LogP contribution in [0.3, 0.4) is 0 Å². The van der Waals surface area contributed by atoms with Gasteiger partial charge in [0.05, 0.1) is 11.4 Å². The molecule has 2 aliphatic rings. The van der Waals surface area contributed by atoms with Crippen LogP contribution in [0.5, 0.6) is 11.5 Å². The minimum Gasteiger partial charge on any atom is -0.481 e. The quantitative estimate of drug-likeness (QED) is 0.762. The number of amides is 1. The maximum Gasteiger partial charge on any atom is 0.305 e. The summed E-state index contributed by atoms with van der Waals surface area (Å²) in [4.78, 5) is 25.2. The Hall–Kier alpha value is -2.25. The van der Waals surface area contributed by atoms with Crippen LogP contribution in [0.4, 0.5) is 0 Å². The Morgan fingerprint density at radius 2 is 2.04 bits per heavy atom. The van der Waals surface area contributed by atoms with Crippen molar-refractivity contribution in [1.29, 1.82) is 0 Å². The third kappa shape index (κ3) is 4.47. The Morgan fingerprint density at radius 1 is 1.27 bits per heavy atom. The molecular formula is C18H20ClNO6. The molecule has 1 amide bonds. The summed E-state index contributed by atoms with van der Waals surface area (Å²) in [6.45, 7) is 1.44. The molecule has 0 unspecified atom stereocenters. The van der Waals surface area contributed by atoms with Crippen molar-refractivity contribution in [2.75, 3.05) is 26.6 Å². The summed E-state index contributed by atoms with van der Waals surface area (Å²) in [5.74, 6) is -0.120. The number of carbonyl (C=O) groups excluding carboxylic acids is 1. The molecule has 0 aromatic heterocycles. The van der Waals surface area contributed by atoms with Crippen molar-refractivity contribution in [1.82, 2.24) is 4.90 Å². The van der Waals surface area contributed by atoms with Gasteiger partial charge >= 0.3 is 5.97 Å². The largest absolute Gasteiger partial charge is 0.481 e. The Balaban J connectivity index is 1.72. The normalized spacial score (nSPS) is 16.8. The number of halogens is 1. The van der Waals surface area contributed by atoms with E-state index >= 15 is 0 Å². The van der Waals surface area contributed by atoms with Gasteiger partial charge in [-0.3, -0.25) is 9.59 Å². The summed E-state index contributed by atoms with van der Waals surface area (Å²) in [6.07, 6.45) is 4.39. The standard InChI is InChI=1S/C18H20ClNO6/c19-14-9-12(10-15-18(14)26-11-25-15)1-2-16(21)20(6-3-17(22)23)13-4-7-24-8-5-13/h1-2,9-10,13H,3-8,11H2,(H,22,23)/b2-1+. The fourth-order valence-electron chi connectivity index (χ4n) is 3.03. The van der Waals surface area contributed by atoms with Gasteiger partial charge in [-0.1, -0.05) is 11.6 Å². The first-order valence-corrected chi connectivity index (χ1v) is 8.80. The molecular weight excluding hydrogens is 362 g/mol. The van der Waals surface area contributed by atoms with Gasteiger partial charge in [-0.25, -0.2) is 0 Å². The molecule has 1 aromatic carbocycles. The van der Waals surface area contributed by atoms with Crippen LogP contribution in [-0.4, -0.2) is 54.5 Å². The van der Waals surface area contributed by atoms with Crippen molar-refractivity contribution in [2.45, 2.75) is 25.3 Å². The van der Waals surface area contributed by atoms with E-state index in [1.807, 2.05) is 0 Å². The van der Waals surface area contributed by atoms with Gasteiger partial charge in [0, 0.05) is 31.9 Å². The number of aliphatic carboxylic acids is 1. The number of hydrogen-bond acceptors (Lipinski definition) is 5. The zero-order valence-corrected chi connectivity index (χ0v) is 14.9. The van der Waals surface area contributed by atoms with Crippen molar-refractivity contribution in [3.05, 3.63) is 28.8 Å². The molecule has 0 atom stereocenters. The molecule has 2 aliphatic heterocycles. The van der Waals surface area contributed by atoms with E-state index in [-0.39, 0.29) is 31.7 Å². The van der Waals surface area contributed by atoms with Crippen molar-refractivity contribution in [2.24, 2.45) is 0 Å². The Bertz CT molecular complexity index is 714. The first-order valence-electron chi connectivity index (χ1n) is 8.42. The van der Waals surface area contributed by atoms with Crippen LogP contribution in [-0.2, 0) is 14.3 Å². The molecule has 1 aromatic rings. The lowest BCUT2D eigenvalue weighted by Crippen LogP contribution is -2.43. The molecule has 0 radical (unpaired) electrons. The third-order valence-corrected chi connectivity index (χ3v) is 4.63. The topological polar surface area (TPSA) is 85.3 Å². The van der Waals surface area contributed by atoms with Crippen molar-refractivity contribution < 1.29 is 28.9 Å². The monoisotopic (exact) mass is 381 g/mol. The van der Waals surface area contributed by atoms with E-state index in [1.54, 1.807) is 23.1 Å². The maximum absolute atomic E-state index is 12.7. The van der Waals surface area contributed by atoms with Crippen LogP contribution >= 0.6 is 11.6 Å². The molecule has 26 heavy (non-hydrogen) atoms. The van der Waals surface area contributed by atoms with Gasteiger partial charge in [-0.05, 0) is 36.6 Å². The minimum absolute atomic E-state index is 0.0133. The molecule has 7 nitrogen and oxygen atoms in total. The summed E-state index contributed by atoms with van der Waals surface area (Å²) in [5.41, 5.74) is 0.706. The number of hydrogen-bond donors (Lipinski definition) is 1. The highest BCUT2D eigenvalue weighted by molar-refractivity contribution is 6.32. The molecule has 1 saturated heterocycles. The fraction of sp³-hybridized carbons (Fsp3) is 0.444. The highest BCUT2D eigenvalue weighted by Gasteiger charge is 2.25. The molecule has 0 saturated carbocycles. The van der Waals surface area contributed by atoms with E-state index < -0.39 is 5.97 Å². The van der Waals surface area contributed by atoms with Crippen LogP contribution in [0.25, 0.3) is 6.08 Å². The number of carboxylic acids is 1. The van der Waals surface area contributed by atoms with Gasteiger partial charge in [0.15, 0.2) is 11.5 Å². The Labute approximate surface area is 156 Å². The smallest absolute Gasteiger partial charge is 0.305 e. The summed E-state index contributed by atoms with van der Waals surface area (Å²) in [7, 11) is 0. The second-order valence-corrected chi connectivity index (χ2v) is 6.50. The molecule has 0 spiro atoms. The lowest BCUT2D eigenvalue weighted by atomic mass is 10.1. The fourth-order valence-corrected chi connectivity index (χ4v) is 3.31. The lowest BCUT2D eigenvalue weighted by molar-refractivity contribution is -0.138. The number of carboxylic acid groups (broad SMARTS) is 1. The molecule has 0 aliphatic carbocycles. The van der Waals surface area contributed by atoms with Crippen LogP contribution in [0.15, 0.2) is 18.2 Å². The zero-order valence-electron chi connectivity index (χ0n) is 14.2. The number of carbonyl (C=O) groups is 2. The number of fused-ring (bicyclic) bond motifs is 1. The predicted octanol–water partition coefficient (Wildman–Crippen LogP) is 2.56. The Kier molecular flexibility index (Phi) is 6.00. The lowest BCUT2D eigenvalue weighted by Gasteiger charge is -2.33. The van der Waals surface area contributed by atoms with E-state index in [2.05, 4.69) is 0 Å². The minimum atomic E-state index is -0.929. The van der Waals surface area contributed by atoms with Gasteiger partial charge in [0.1, 0.15) is 0 Å². The average Bonchev–Trinajstić information content (AvgIpc) is 3.10. The molecule has 8 heteroatoms. The van der Waals surface area contributed by atoms with E-state index in [9.17, 15) is 9.59 Å². The van der Waals surface area contributed by atoms with Gasteiger partial charge < -0.3 is 24.2 Å². The number of nitrogens with zero attached hydrogens (tertiary/aromatic N) is 1. The third-order valence-electron chi connectivity index (χ3n) is 4.35. The van der Waals surface area contributed by atoms with Gasteiger partial charge in [0.25, 0.3) is 0 Å². The van der Waals surface area contributed by atoms with Crippen molar-refractivity contribution in [3.63, 3.8) is 0 Å². The van der Waals surface area contributed by atoms with Crippen molar-refractivity contribution >= 4 is 29.6 Å². The summed E-state index contributed by atoms with van der Waals surface area (Å²) in [5, 5.41) is 9.37. The van der Waals surface area contributed by atoms with E-state index in [1.165, 1.54) is 6.08 Å². The molecule has 1 N–H and O–H groups in total. The van der Waals surface area contributed by atoms with E-state index in [0.29, 0.717) is 48.1 Å². The summed E-state index contributed by atoms with van der Waals surface area (Å²) >= 11 is 6.15. The highest BCUT2D eigenvalue weighted by Crippen LogP contribution is 2.40. The number of ether oxygens (including phenoxy) is 3. The first kappa shape index (κ1) is 18.5. The first-order chi connectivity index (χ1) is 12.5. The predicted molar refractivity (Wildman–Crippen MR) is 94.4 cm³/mol. The molecule has 2 heterocycles.